The first-order chi connectivity index (χ1) is 21.1. The Morgan fingerprint density at radius 3 is 2.20 bits per heavy atom. The monoisotopic (exact) mass is 670 g/mol. The topological polar surface area (TPSA) is 126 Å². The maximum absolute atomic E-state index is 13.7. The molecule has 1 aliphatic heterocycles. The second kappa shape index (κ2) is 13.6. The molecule has 244 valence electrons. The highest BCUT2D eigenvalue weighted by atomic mass is 32.2. The number of piperazine rings is 1. The van der Waals surface area contributed by atoms with Crippen LogP contribution in [0.3, 0.4) is 0 Å². The van der Waals surface area contributed by atoms with Gasteiger partial charge in [-0.05, 0) is 61.5 Å². The molecule has 0 radical (unpaired) electrons. The number of anilines is 3. The van der Waals surface area contributed by atoms with E-state index in [1.807, 2.05) is 0 Å². The van der Waals surface area contributed by atoms with Gasteiger partial charge in [0, 0.05) is 51.2 Å². The SMILES string of the molecule is CCOCOc1ccc(N2CCN(S(=O)(=O)c3ccc(NC(=O)c4ccccc4N(C)S(C)(=O)=O)cc3)CC2)cc1C(F)(F)F. The molecule has 0 aromatic heterocycles. The minimum atomic E-state index is -4.66. The lowest BCUT2D eigenvalue weighted by atomic mass is 10.1. The predicted octanol–water partition coefficient (Wildman–Crippen LogP) is 4.24. The van der Waals surface area contributed by atoms with Crippen LogP contribution in [0.1, 0.15) is 22.8 Å². The fourth-order valence-corrected chi connectivity index (χ4v) is 6.55. The Balaban J connectivity index is 1.42. The van der Waals surface area contributed by atoms with E-state index in [4.69, 9.17) is 9.47 Å². The van der Waals surface area contributed by atoms with Gasteiger partial charge >= 0.3 is 6.18 Å². The zero-order valence-electron chi connectivity index (χ0n) is 24.7. The van der Waals surface area contributed by atoms with Crippen molar-refractivity contribution in [3.63, 3.8) is 0 Å². The van der Waals surface area contributed by atoms with Crippen molar-refractivity contribution in [1.29, 1.82) is 0 Å². The molecule has 1 fully saturated rings. The summed E-state index contributed by atoms with van der Waals surface area (Å²) in [6, 6.07) is 15.4. The number of halogens is 3. The first-order valence-corrected chi connectivity index (χ1v) is 17.0. The Morgan fingerprint density at radius 1 is 0.956 bits per heavy atom. The van der Waals surface area contributed by atoms with Crippen LogP contribution in [-0.4, -0.2) is 79.9 Å². The first kappa shape index (κ1) is 34.0. The molecule has 1 aliphatic rings. The molecule has 0 bridgehead atoms. The Kier molecular flexibility index (Phi) is 10.3. The number of benzene rings is 3. The molecule has 0 aliphatic carbocycles. The van der Waals surface area contributed by atoms with Crippen LogP contribution in [0.5, 0.6) is 5.75 Å². The summed E-state index contributed by atoms with van der Waals surface area (Å²) < 4.78 is 104. The van der Waals surface area contributed by atoms with Gasteiger partial charge in [0.25, 0.3) is 5.91 Å². The quantitative estimate of drug-likeness (QED) is 0.237. The normalized spacial score (nSPS) is 14.7. The molecule has 0 saturated carbocycles. The predicted molar refractivity (Wildman–Crippen MR) is 164 cm³/mol. The molecule has 4 rings (SSSR count). The van der Waals surface area contributed by atoms with Crippen molar-refractivity contribution in [2.75, 3.05) is 67.4 Å². The smallest absolute Gasteiger partial charge is 0.420 e. The van der Waals surface area contributed by atoms with E-state index in [0.29, 0.717) is 0 Å². The molecule has 1 amide bonds. The molecule has 0 atom stereocenters. The van der Waals surface area contributed by atoms with Gasteiger partial charge in [-0.1, -0.05) is 12.1 Å². The van der Waals surface area contributed by atoms with Gasteiger partial charge < -0.3 is 19.7 Å². The van der Waals surface area contributed by atoms with Gasteiger partial charge in [-0.15, -0.1) is 0 Å². The summed E-state index contributed by atoms with van der Waals surface area (Å²) in [5.74, 6) is -0.943. The van der Waals surface area contributed by atoms with Crippen LogP contribution >= 0.6 is 0 Å². The molecule has 1 saturated heterocycles. The van der Waals surface area contributed by atoms with Crippen LogP contribution in [0.4, 0.5) is 30.2 Å². The fourth-order valence-electron chi connectivity index (χ4n) is 4.61. The van der Waals surface area contributed by atoms with Gasteiger partial charge in [-0.2, -0.15) is 17.5 Å². The third kappa shape index (κ3) is 8.06. The molecule has 45 heavy (non-hydrogen) atoms. The van der Waals surface area contributed by atoms with Crippen molar-refractivity contribution < 1.29 is 44.3 Å². The molecule has 0 unspecified atom stereocenters. The summed E-state index contributed by atoms with van der Waals surface area (Å²) in [7, 11) is -6.24. The number of sulfonamides is 2. The van der Waals surface area contributed by atoms with Crippen molar-refractivity contribution in [1.82, 2.24) is 4.31 Å². The molecular weight excluding hydrogens is 637 g/mol. The van der Waals surface area contributed by atoms with Crippen LogP contribution in [0.15, 0.2) is 71.6 Å². The number of hydrogen-bond acceptors (Lipinski definition) is 8. The largest absolute Gasteiger partial charge is 0.467 e. The fraction of sp³-hybridized carbons (Fsp3) is 0.345. The number of nitrogens with one attached hydrogen (secondary N) is 1. The summed E-state index contributed by atoms with van der Waals surface area (Å²) in [5, 5.41) is 2.65. The zero-order valence-corrected chi connectivity index (χ0v) is 26.4. The number of rotatable bonds is 11. The molecule has 11 nitrogen and oxygen atoms in total. The minimum absolute atomic E-state index is 0.0266. The first-order valence-electron chi connectivity index (χ1n) is 13.7. The Hall–Kier alpha value is -3.86. The highest BCUT2D eigenvalue weighted by Gasteiger charge is 2.36. The van der Waals surface area contributed by atoms with E-state index in [0.717, 1.165) is 16.6 Å². The summed E-state index contributed by atoms with van der Waals surface area (Å²) in [4.78, 5) is 14.6. The van der Waals surface area contributed by atoms with Crippen molar-refractivity contribution in [3.05, 3.63) is 77.9 Å². The number of alkyl halides is 3. The lowest BCUT2D eigenvalue weighted by molar-refractivity contribution is -0.139. The molecule has 16 heteroatoms. The molecule has 3 aromatic carbocycles. The van der Waals surface area contributed by atoms with E-state index in [1.54, 1.807) is 24.0 Å². The van der Waals surface area contributed by atoms with Crippen LogP contribution in [0, 0.1) is 0 Å². The van der Waals surface area contributed by atoms with Crippen molar-refractivity contribution in [3.8, 4) is 5.75 Å². The van der Waals surface area contributed by atoms with E-state index < -0.39 is 37.7 Å². The lowest BCUT2D eigenvalue weighted by Crippen LogP contribution is -2.48. The summed E-state index contributed by atoms with van der Waals surface area (Å²) >= 11 is 0. The maximum Gasteiger partial charge on any atom is 0.420 e. The van der Waals surface area contributed by atoms with Crippen LogP contribution in [0.2, 0.25) is 0 Å². The maximum atomic E-state index is 13.7. The van der Waals surface area contributed by atoms with E-state index in [9.17, 15) is 34.8 Å². The highest BCUT2D eigenvalue weighted by Crippen LogP contribution is 2.39. The number of carbonyl (C=O) groups excluding carboxylic acids is 1. The van der Waals surface area contributed by atoms with Gasteiger partial charge in [0.1, 0.15) is 5.75 Å². The number of hydrogen-bond donors (Lipinski definition) is 1. The number of para-hydroxylation sites is 1. The second-order valence-electron chi connectivity index (χ2n) is 10.1. The Morgan fingerprint density at radius 2 is 1.60 bits per heavy atom. The molecule has 1 heterocycles. The number of ether oxygens (including phenoxy) is 2. The summed E-state index contributed by atoms with van der Waals surface area (Å²) in [5.41, 5.74) is -0.0959. The third-order valence-electron chi connectivity index (χ3n) is 7.11. The third-order valence-corrected chi connectivity index (χ3v) is 10.2. The molecule has 0 spiro atoms. The van der Waals surface area contributed by atoms with Crippen LogP contribution < -0.4 is 19.3 Å². The summed E-state index contributed by atoms with van der Waals surface area (Å²) in [6.45, 7) is 2.05. The van der Waals surface area contributed by atoms with Crippen molar-refractivity contribution in [2.45, 2.75) is 18.0 Å². The number of amides is 1. The molecule has 3 aromatic rings. The Bertz CT molecular complexity index is 1730. The molecular formula is C29H33F3N4O7S2. The van der Waals surface area contributed by atoms with Gasteiger partial charge in [0.15, 0.2) is 6.79 Å². The minimum Gasteiger partial charge on any atom is -0.467 e. The molecule has 1 N–H and O–H groups in total. The van der Waals surface area contributed by atoms with Crippen molar-refractivity contribution >= 4 is 43.0 Å². The lowest BCUT2D eigenvalue weighted by Gasteiger charge is -2.35. The van der Waals surface area contributed by atoms with Gasteiger partial charge in [-0.3, -0.25) is 9.10 Å². The van der Waals surface area contributed by atoms with Gasteiger partial charge in [0.05, 0.1) is 28.0 Å². The van der Waals surface area contributed by atoms with Crippen molar-refractivity contribution in [2.24, 2.45) is 0 Å². The number of carbonyl (C=O) groups is 1. The van der Waals surface area contributed by atoms with Crippen LogP contribution in [-0.2, 0) is 31.0 Å². The average Bonchev–Trinajstić information content (AvgIpc) is 3.00. The van der Waals surface area contributed by atoms with Gasteiger partial charge in [0.2, 0.25) is 20.0 Å². The highest BCUT2D eigenvalue weighted by molar-refractivity contribution is 7.92. The standard InChI is InChI=1S/C29H33F3N4O7S2/c1-4-42-20-43-27-14-11-22(19-25(27)29(30,31)32)35-15-17-36(18-16-35)45(40,41)23-12-9-21(10-13-23)33-28(37)24-7-5-6-8-26(24)34(2)44(3,38)39/h5-14,19H,4,15-18,20H2,1-3H3,(H,33,37). The van der Waals surface area contributed by atoms with E-state index in [2.05, 4.69) is 5.32 Å². The average molecular weight is 671 g/mol. The Labute approximate surface area is 260 Å². The van der Waals surface area contributed by atoms with Crippen LogP contribution in [0.25, 0.3) is 0 Å². The summed E-state index contributed by atoms with van der Waals surface area (Å²) in [6.07, 6.45) is -3.65. The van der Waals surface area contributed by atoms with E-state index in [1.165, 1.54) is 59.9 Å². The van der Waals surface area contributed by atoms with E-state index in [-0.39, 0.29) is 72.8 Å². The number of nitrogens with zero attached hydrogens (tertiary/aromatic N) is 3. The zero-order chi connectivity index (χ0) is 33.0. The van der Waals surface area contributed by atoms with E-state index >= 15 is 0 Å². The second-order valence-corrected chi connectivity index (χ2v) is 14.0. The van der Waals surface area contributed by atoms with Gasteiger partial charge in [-0.25, -0.2) is 16.8 Å².